The highest BCUT2D eigenvalue weighted by molar-refractivity contribution is 5.75. The molecule has 0 atom stereocenters. The third-order valence-electron chi connectivity index (χ3n) is 8.70. The molecule has 1 N–H and O–H groups in total. The zero-order valence-corrected chi connectivity index (χ0v) is 32.5. The van der Waals surface area contributed by atoms with Crippen LogP contribution in [0.2, 0.25) is 0 Å². The Morgan fingerprint density at radius 3 is 1.31 bits per heavy atom. The lowest BCUT2D eigenvalue weighted by atomic mass is 10.1. The molecule has 5 heteroatoms. The summed E-state index contributed by atoms with van der Waals surface area (Å²) in [6.45, 7) is 8.46. The number of allylic oxidation sites excluding steroid dienone is 8. The standard InChI is InChI=1S/C43H81N3O2/c1-5-7-9-11-13-15-17-19-21-23-25-27-29-31-33-35-38-46(44-43(47)37-41-48-42-40-45(3)4)39-36-34-32-30-28-26-24-22-20-18-16-14-12-10-8-6-2/h13-16,19-22H,5-12,17-18,23-42H2,1-4H3,(H,44,47)/b15-13-,16-14-,21-19-,22-20-. The molecule has 1 amide bonds. The monoisotopic (exact) mass is 672 g/mol. The van der Waals surface area contributed by atoms with Gasteiger partial charge in [0.2, 0.25) is 5.91 Å². The fourth-order valence-corrected chi connectivity index (χ4v) is 5.55. The summed E-state index contributed by atoms with van der Waals surface area (Å²) in [5, 5.41) is 2.19. The van der Waals surface area contributed by atoms with Gasteiger partial charge in [-0.3, -0.25) is 10.2 Å². The molecule has 0 saturated heterocycles. The van der Waals surface area contributed by atoms with Gasteiger partial charge >= 0.3 is 0 Å². The van der Waals surface area contributed by atoms with Gasteiger partial charge in [-0.15, -0.1) is 0 Å². The van der Waals surface area contributed by atoms with Crippen molar-refractivity contribution in [3.05, 3.63) is 48.6 Å². The number of nitrogens with one attached hydrogen (secondary N) is 1. The number of hydrogen-bond acceptors (Lipinski definition) is 4. The van der Waals surface area contributed by atoms with Gasteiger partial charge in [-0.1, -0.05) is 140 Å². The summed E-state index contributed by atoms with van der Waals surface area (Å²) in [4.78, 5) is 14.7. The number of carbonyl (C=O) groups is 1. The van der Waals surface area contributed by atoms with Gasteiger partial charge in [-0.25, -0.2) is 5.01 Å². The normalized spacial score (nSPS) is 12.4. The van der Waals surface area contributed by atoms with Gasteiger partial charge in [0.05, 0.1) is 19.6 Å². The van der Waals surface area contributed by atoms with Crippen molar-refractivity contribution in [2.45, 2.75) is 174 Å². The summed E-state index contributed by atoms with van der Waals surface area (Å²) in [5.41, 5.74) is 3.20. The van der Waals surface area contributed by atoms with Gasteiger partial charge in [0, 0.05) is 19.6 Å². The van der Waals surface area contributed by atoms with Crippen LogP contribution in [-0.4, -0.2) is 62.8 Å². The molecule has 0 aromatic heterocycles. The molecule has 0 unspecified atom stereocenters. The molecule has 0 aliphatic rings. The van der Waals surface area contributed by atoms with Gasteiger partial charge < -0.3 is 9.64 Å². The van der Waals surface area contributed by atoms with E-state index in [-0.39, 0.29) is 5.91 Å². The van der Waals surface area contributed by atoms with E-state index in [2.05, 4.69) is 77.8 Å². The first-order valence-electron chi connectivity index (χ1n) is 20.5. The second-order valence-electron chi connectivity index (χ2n) is 13.9. The summed E-state index contributed by atoms with van der Waals surface area (Å²) in [6.07, 6.45) is 49.3. The lowest BCUT2D eigenvalue weighted by molar-refractivity contribution is -0.127. The van der Waals surface area contributed by atoms with E-state index in [1.165, 1.54) is 128 Å². The first kappa shape index (κ1) is 46.3. The number of carbonyl (C=O) groups excluding carboxylic acids is 1. The molecule has 5 nitrogen and oxygen atoms in total. The molecular weight excluding hydrogens is 590 g/mol. The number of amides is 1. The summed E-state index contributed by atoms with van der Waals surface area (Å²) in [7, 11) is 4.08. The average Bonchev–Trinajstić information content (AvgIpc) is 3.07. The number of hydrazine groups is 1. The first-order chi connectivity index (χ1) is 23.6. The highest BCUT2D eigenvalue weighted by atomic mass is 16.5. The number of hydrogen-bond donors (Lipinski definition) is 1. The minimum atomic E-state index is 0.0833. The van der Waals surface area contributed by atoms with Crippen molar-refractivity contribution < 1.29 is 9.53 Å². The quantitative estimate of drug-likeness (QED) is 0.0405. The SMILES string of the molecule is CCCCC/C=C\C/C=C\CCCCCCCCN(CCCCCCCC/C=C\C/C=C\CCCCC)NC(=O)CCOCCN(C)C. The molecule has 280 valence electrons. The molecule has 48 heavy (non-hydrogen) atoms. The minimum Gasteiger partial charge on any atom is -0.380 e. The largest absolute Gasteiger partial charge is 0.380 e. The van der Waals surface area contributed by atoms with E-state index in [4.69, 9.17) is 4.74 Å². The average molecular weight is 672 g/mol. The van der Waals surface area contributed by atoms with E-state index >= 15 is 0 Å². The van der Waals surface area contributed by atoms with Crippen LogP contribution in [0.1, 0.15) is 174 Å². The molecule has 0 aliphatic carbocycles. The molecular formula is C43H81N3O2. The summed E-state index contributed by atoms with van der Waals surface area (Å²) in [5.74, 6) is 0.0833. The van der Waals surface area contributed by atoms with Crippen molar-refractivity contribution in [3.63, 3.8) is 0 Å². The molecule has 0 radical (unpaired) electrons. The number of rotatable bonds is 37. The lowest BCUT2D eigenvalue weighted by Gasteiger charge is -2.23. The molecule has 0 rings (SSSR count). The van der Waals surface area contributed by atoms with Gasteiger partial charge in [0.25, 0.3) is 0 Å². The maximum Gasteiger partial charge on any atom is 0.236 e. The molecule has 0 spiro atoms. The molecule has 0 fully saturated rings. The maximum absolute atomic E-state index is 12.6. The van der Waals surface area contributed by atoms with Crippen molar-refractivity contribution >= 4 is 5.91 Å². The van der Waals surface area contributed by atoms with Crippen molar-refractivity contribution in [2.24, 2.45) is 0 Å². The second-order valence-corrected chi connectivity index (χ2v) is 13.9. The molecule has 0 aromatic carbocycles. The molecule has 0 saturated carbocycles. The molecule has 0 bridgehead atoms. The van der Waals surface area contributed by atoms with Crippen molar-refractivity contribution in [3.8, 4) is 0 Å². The Balaban J connectivity index is 4.10. The van der Waals surface area contributed by atoms with Crippen molar-refractivity contribution in [1.29, 1.82) is 0 Å². The van der Waals surface area contributed by atoms with Crippen LogP contribution in [0.15, 0.2) is 48.6 Å². The van der Waals surface area contributed by atoms with E-state index < -0.39 is 0 Å². The van der Waals surface area contributed by atoms with E-state index in [1.807, 2.05) is 14.1 Å². The minimum absolute atomic E-state index is 0.0833. The third kappa shape index (κ3) is 38.8. The molecule has 0 aliphatic heterocycles. The Bertz CT molecular complexity index is 726. The van der Waals surface area contributed by atoms with E-state index in [0.29, 0.717) is 19.6 Å². The third-order valence-corrected chi connectivity index (χ3v) is 8.70. The summed E-state index contributed by atoms with van der Waals surface area (Å²) < 4.78 is 5.65. The Morgan fingerprint density at radius 1 is 0.500 bits per heavy atom. The summed E-state index contributed by atoms with van der Waals surface area (Å²) in [6, 6.07) is 0. The van der Waals surface area contributed by atoms with Crippen molar-refractivity contribution in [1.82, 2.24) is 15.3 Å². The number of likely N-dealkylation sites (N-methyl/N-ethyl adjacent to an activating group) is 1. The Morgan fingerprint density at radius 2 is 0.896 bits per heavy atom. The fourth-order valence-electron chi connectivity index (χ4n) is 5.55. The topological polar surface area (TPSA) is 44.8 Å². The van der Waals surface area contributed by atoms with Crippen LogP contribution in [0.25, 0.3) is 0 Å². The van der Waals surface area contributed by atoms with Crippen LogP contribution in [0.3, 0.4) is 0 Å². The van der Waals surface area contributed by atoms with Crippen molar-refractivity contribution in [2.75, 3.05) is 46.9 Å². The van der Waals surface area contributed by atoms with Gasteiger partial charge in [-0.2, -0.15) is 0 Å². The number of unbranched alkanes of at least 4 members (excludes halogenated alkanes) is 18. The van der Waals surface area contributed by atoms with Crippen LogP contribution in [0.5, 0.6) is 0 Å². The highest BCUT2D eigenvalue weighted by Gasteiger charge is 2.09. The van der Waals surface area contributed by atoms with Gasteiger partial charge in [0.1, 0.15) is 0 Å². The van der Waals surface area contributed by atoms with E-state index in [1.54, 1.807) is 0 Å². The van der Waals surface area contributed by atoms with E-state index in [0.717, 1.165) is 45.3 Å². The van der Waals surface area contributed by atoms with Crippen LogP contribution in [0.4, 0.5) is 0 Å². The Hall–Kier alpha value is -1.69. The predicted molar refractivity (Wildman–Crippen MR) is 212 cm³/mol. The Labute approximate surface area is 300 Å². The predicted octanol–water partition coefficient (Wildman–Crippen LogP) is 11.9. The lowest BCUT2D eigenvalue weighted by Crippen LogP contribution is -2.43. The first-order valence-corrected chi connectivity index (χ1v) is 20.5. The molecule has 0 heterocycles. The van der Waals surface area contributed by atoms with Crippen LogP contribution < -0.4 is 5.43 Å². The smallest absolute Gasteiger partial charge is 0.236 e. The highest BCUT2D eigenvalue weighted by Crippen LogP contribution is 2.11. The summed E-state index contributed by atoms with van der Waals surface area (Å²) >= 11 is 0. The zero-order chi connectivity index (χ0) is 35.0. The van der Waals surface area contributed by atoms with Crippen LogP contribution >= 0.6 is 0 Å². The van der Waals surface area contributed by atoms with Crippen LogP contribution in [0, 0.1) is 0 Å². The van der Waals surface area contributed by atoms with Gasteiger partial charge in [-0.05, 0) is 91.1 Å². The second kappa shape index (κ2) is 39.7. The maximum atomic E-state index is 12.6. The van der Waals surface area contributed by atoms with Gasteiger partial charge in [0.15, 0.2) is 0 Å². The Kier molecular flexibility index (Phi) is 38.3. The van der Waals surface area contributed by atoms with E-state index in [9.17, 15) is 4.79 Å². The van der Waals surface area contributed by atoms with Crippen LogP contribution in [-0.2, 0) is 9.53 Å². The zero-order valence-electron chi connectivity index (χ0n) is 32.5. The number of ether oxygens (including phenoxy) is 1. The number of nitrogens with zero attached hydrogens (tertiary/aromatic N) is 2. The molecule has 0 aromatic rings. The fraction of sp³-hybridized carbons (Fsp3) is 0.791.